The number of furan rings is 1. The molecule has 1 aromatic heterocycles. The normalized spacial score (nSPS) is 16.1. The Bertz CT molecular complexity index is 342. The zero-order chi connectivity index (χ0) is 12.1. The minimum atomic E-state index is 0.0239. The second-order valence-corrected chi connectivity index (χ2v) is 4.52. The van der Waals surface area contributed by atoms with Crippen LogP contribution >= 0.6 is 0 Å². The van der Waals surface area contributed by atoms with Gasteiger partial charge in [-0.05, 0) is 31.9 Å². The predicted octanol–water partition coefficient (Wildman–Crippen LogP) is 2.75. The molecule has 4 nitrogen and oxygen atoms in total. The molecule has 17 heavy (non-hydrogen) atoms. The Hall–Kier alpha value is -1.45. The molecule has 1 fully saturated rings. The SMILES string of the molecule is CCN(Cc1ccco1)C(=O)NC1CCCC1. The molecule has 0 unspecified atom stereocenters. The quantitative estimate of drug-likeness (QED) is 0.873. The minimum absolute atomic E-state index is 0.0239. The number of rotatable bonds is 4. The van der Waals surface area contributed by atoms with E-state index in [1.807, 2.05) is 19.1 Å². The van der Waals surface area contributed by atoms with Crippen molar-refractivity contribution >= 4 is 6.03 Å². The lowest BCUT2D eigenvalue weighted by molar-refractivity contribution is 0.189. The summed E-state index contributed by atoms with van der Waals surface area (Å²) in [6.45, 7) is 3.22. The number of urea groups is 1. The first-order chi connectivity index (χ1) is 8.29. The van der Waals surface area contributed by atoms with Crippen LogP contribution < -0.4 is 5.32 Å². The Balaban J connectivity index is 1.86. The lowest BCUT2D eigenvalue weighted by Crippen LogP contribution is -2.43. The van der Waals surface area contributed by atoms with Crippen LogP contribution in [0, 0.1) is 0 Å². The molecule has 0 aliphatic heterocycles. The molecule has 1 saturated carbocycles. The third kappa shape index (κ3) is 3.25. The smallest absolute Gasteiger partial charge is 0.318 e. The third-order valence-corrected chi connectivity index (χ3v) is 3.28. The summed E-state index contributed by atoms with van der Waals surface area (Å²) in [4.78, 5) is 13.8. The Labute approximate surface area is 102 Å². The predicted molar refractivity (Wildman–Crippen MR) is 65.6 cm³/mol. The minimum Gasteiger partial charge on any atom is -0.467 e. The van der Waals surface area contributed by atoms with Crippen molar-refractivity contribution in [3.05, 3.63) is 24.2 Å². The van der Waals surface area contributed by atoms with Crippen molar-refractivity contribution in [2.75, 3.05) is 6.54 Å². The third-order valence-electron chi connectivity index (χ3n) is 3.28. The molecule has 1 aliphatic carbocycles. The Morgan fingerprint density at radius 3 is 2.88 bits per heavy atom. The lowest BCUT2D eigenvalue weighted by atomic mass is 10.2. The van der Waals surface area contributed by atoms with E-state index in [0.29, 0.717) is 19.1 Å². The molecule has 1 aliphatic rings. The first-order valence-corrected chi connectivity index (χ1v) is 6.37. The average Bonchev–Trinajstić information content (AvgIpc) is 2.97. The monoisotopic (exact) mass is 236 g/mol. The summed E-state index contributed by atoms with van der Waals surface area (Å²) in [7, 11) is 0. The molecule has 0 bridgehead atoms. The van der Waals surface area contributed by atoms with Gasteiger partial charge in [-0.3, -0.25) is 0 Å². The van der Waals surface area contributed by atoms with E-state index in [-0.39, 0.29) is 6.03 Å². The molecule has 1 heterocycles. The summed E-state index contributed by atoms with van der Waals surface area (Å²) >= 11 is 0. The zero-order valence-electron chi connectivity index (χ0n) is 10.3. The maximum absolute atomic E-state index is 12.0. The number of nitrogens with zero attached hydrogens (tertiary/aromatic N) is 1. The summed E-state index contributed by atoms with van der Waals surface area (Å²) in [5.74, 6) is 0.827. The molecule has 0 radical (unpaired) electrons. The van der Waals surface area contributed by atoms with Gasteiger partial charge in [-0.2, -0.15) is 0 Å². The highest BCUT2D eigenvalue weighted by Gasteiger charge is 2.20. The number of hydrogen-bond acceptors (Lipinski definition) is 2. The largest absolute Gasteiger partial charge is 0.467 e. The molecule has 0 aromatic carbocycles. The fourth-order valence-corrected chi connectivity index (χ4v) is 2.25. The molecule has 94 valence electrons. The van der Waals surface area contributed by atoms with Gasteiger partial charge in [0.15, 0.2) is 0 Å². The standard InChI is InChI=1S/C13H20N2O2/c1-2-15(10-12-8-5-9-17-12)13(16)14-11-6-3-4-7-11/h5,8-9,11H,2-4,6-7,10H2,1H3,(H,14,16). The second-order valence-electron chi connectivity index (χ2n) is 4.52. The van der Waals surface area contributed by atoms with Gasteiger partial charge in [0.2, 0.25) is 0 Å². The van der Waals surface area contributed by atoms with E-state index in [1.165, 1.54) is 12.8 Å². The highest BCUT2D eigenvalue weighted by Crippen LogP contribution is 2.18. The fourth-order valence-electron chi connectivity index (χ4n) is 2.25. The van der Waals surface area contributed by atoms with Gasteiger partial charge in [0.05, 0.1) is 12.8 Å². The van der Waals surface area contributed by atoms with Gasteiger partial charge in [0.25, 0.3) is 0 Å². The summed E-state index contributed by atoms with van der Waals surface area (Å²) in [6.07, 6.45) is 6.33. The van der Waals surface area contributed by atoms with Crippen molar-refractivity contribution in [3.8, 4) is 0 Å². The molecule has 1 N–H and O–H groups in total. The number of hydrogen-bond donors (Lipinski definition) is 1. The van der Waals surface area contributed by atoms with Crippen molar-refractivity contribution < 1.29 is 9.21 Å². The van der Waals surface area contributed by atoms with E-state index in [4.69, 9.17) is 4.42 Å². The van der Waals surface area contributed by atoms with Crippen LogP contribution in [-0.4, -0.2) is 23.5 Å². The average molecular weight is 236 g/mol. The van der Waals surface area contributed by atoms with Crippen LogP contribution in [0.1, 0.15) is 38.4 Å². The fraction of sp³-hybridized carbons (Fsp3) is 0.615. The van der Waals surface area contributed by atoms with E-state index in [9.17, 15) is 4.79 Å². The molecular formula is C13H20N2O2. The molecule has 2 amide bonds. The first kappa shape index (κ1) is 12.0. The number of amides is 2. The van der Waals surface area contributed by atoms with Crippen LogP contribution in [0.4, 0.5) is 4.79 Å². The van der Waals surface area contributed by atoms with Gasteiger partial charge >= 0.3 is 6.03 Å². The topological polar surface area (TPSA) is 45.5 Å². The molecule has 4 heteroatoms. The van der Waals surface area contributed by atoms with Crippen LogP contribution in [0.3, 0.4) is 0 Å². The van der Waals surface area contributed by atoms with Crippen molar-refractivity contribution in [3.63, 3.8) is 0 Å². The van der Waals surface area contributed by atoms with Gasteiger partial charge in [0, 0.05) is 12.6 Å². The van der Waals surface area contributed by atoms with E-state index in [2.05, 4.69) is 5.32 Å². The second kappa shape index (κ2) is 5.75. The number of nitrogens with one attached hydrogen (secondary N) is 1. The molecule has 0 spiro atoms. The van der Waals surface area contributed by atoms with Crippen LogP contribution in [0.15, 0.2) is 22.8 Å². The van der Waals surface area contributed by atoms with Gasteiger partial charge < -0.3 is 14.6 Å². The molecule has 0 saturated heterocycles. The van der Waals surface area contributed by atoms with Crippen LogP contribution in [0.25, 0.3) is 0 Å². The summed E-state index contributed by atoms with van der Waals surface area (Å²) in [5.41, 5.74) is 0. The highest BCUT2D eigenvalue weighted by atomic mass is 16.3. The van der Waals surface area contributed by atoms with E-state index < -0.39 is 0 Å². The van der Waals surface area contributed by atoms with E-state index in [1.54, 1.807) is 11.2 Å². The molecule has 1 aromatic rings. The maximum Gasteiger partial charge on any atom is 0.318 e. The van der Waals surface area contributed by atoms with Crippen LogP contribution in [-0.2, 0) is 6.54 Å². The van der Waals surface area contributed by atoms with Crippen molar-refractivity contribution in [1.29, 1.82) is 0 Å². The highest BCUT2D eigenvalue weighted by molar-refractivity contribution is 5.74. The van der Waals surface area contributed by atoms with E-state index in [0.717, 1.165) is 18.6 Å². The zero-order valence-corrected chi connectivity index (χ0v) is 10.3. The van der Waals surface area contributed by atoms with Crippen molar-refractivity contribution in [2.45, 2.75) is 45.2 Å². The van der Waals surface area contributed by atoms with Gasteiger partial charge in [-0.1, -0.05) is 12.8 Å². The van der Waals surface area contributed by atoms with Gasteiger partial charge in [-0.15, -0.1) is 0 Å². The van der Waals surface area contributed by atoms with E-state index >= 15 is 0 Å². The Kier molecular flexibility index (Phi) is 4.07. The summed E-state index contributed by atoms with van der Waals surface area (Å²) in [5, 5.41) is 3.09. The Morgan fingerprint density at radius 2 is 2.29 bits per heavy atom. The van der Waals surface area contributed by atoms with Crippen molar-refractivity contribution in [2.24, 2.45) is 0 Å². The van der Waals surface area contributed by atoms with Gasteiger partial charge in [0.1, 0.15) is 5.76 Å². The van der Waals surface area contributed by atoms with Crippen LogP contribution in [0.5, 0.6) is 0 Å². The lowest BCUT2D eigenvalue weighted by Gasteiger charge is -2.22. The van der Waals surface area contributed by atoms with Gasteiger partial charge in [-0.25, -0.2) is 4.79 Å². The molecular weight excluding hydrogens is 216 g/mol. The maximum atomic E-state index is 12.0. The van der Waals surface area contributed by atoms with Crippen LogP contribution in [0.2, 0.25) is 0 Å². The van der Waals surface area contributed by atoms with Crippen molar-refractivity contribution in [1.82, 2.24) is 10.2 Å². The summed E-state index contributed by atoms with van der Waals surface area (Å²) in [6, 6.07) is 4.13. The summed E-state index contributed by atoms with van der Waals surface area (Å²) < 4.78 is 5.26. The molecule has 0 atom stereocenters. The number of carbonyl (C=O) groups is 1. The molecule has 2 rings (SSSR count). The first-order valence-electron chi connectivity index (χ1n) is 6.37. The Morgan fingerprint density at radius 1 is 1.53 bits per heavy atom. The number of carbonyl (C=O) groups excluding carboxylic acids is 1.